The molecule has 1 fully saturated rings. The van der Waals surface area contributed by atoms with Crippen molar-refractivity contribution < 1.29 is 19.8 Å². The first-order valence-electron chi connectivity index (χ1n) is 7.73. The standard InChI is InChI=1S/C18H19NO4/c20-16(13-6-2-1-3-7-13)15-9-8-14(19-10-4-5-11-19)12-18(15,23)17(21)22/h1-3,6-9,12,15,23H,4-5,10-11H2,(H,21,22). The molecule has 1 saturated heterocycles. The fraction of sp³-hybridized carbons (Fsp3) is 0.333. The normalized spacial score (nSPS) is 26.9. The lowest BCUT2D eigenvalue weighted by molar-refractivity contribution is -0.155. The second-order valence-electron chi connectivity index (χ2n) is 5.96. The van der Waals surface area contributed by atoms with Gasteiger partial charge in [-0.3, -0.25) is 4.79 Å². The van der Waals surface area contributed by atoms with Gasteiger partial charge >= 0.3 is 5.97 Å². The Kier molecular flexibility index (Phi) is 4.05. The number of rotatable bonds is 4. The Morgan fingerprint density at radius 3 is 2.39 bits per heavy atom. The zero-order valence-corrected chi connectivity index (χ0v) is 12.7. The minimum absolute atomic E-state index is 0.389. The van der Waals surface area contributed by atoms with Crippen molar-refractivity contribution in [3.63, 3.8) is 0 Å². The van der Waals surface area contributed by atoms with E-state index in [-0.39, 0.29) is 0 Å². The number of carboxylic acid groups (broad SMARTS) is 1. The van der Waals surface area contributed by atoms with Crippen LogP contribution in [0.15, 0.2) is 54.3 Å². The third kappa shape index (κ3) is 2.80. The van der Waals surface area contributed by atoms with Crippen molar-refractivity contribution in [1.82, 2.24) is 4.90 Å². The molecule has 1 aromatic rings. The number of carbonyl (C=O) groups is 2. The van der Waals surface area contributed by atoms with Crippen molar-refractivity contribution in [2.75, 3.05) is 13.1 Å². The van der Waals surface area contributed by atoms with Crippen LogP contribution in [0.25, 0.3) is 0 Å². The SMILES string of the molecule is O=C(c1ccccc1)C1C=CC(N2CCCC2)=CC1(O)C(=O)O. The Labute approximate surface area is 134 Å². The zero-order chi connectivity index (χ0) is 16.4. The number of allylic oxidation sites excluding steroid dienone is 1. The third-order valence-electron chi connectivity index (χ3n) is 4.46. The van der Waals surface area contributed by atoms with Gasteiger partial charge in [0.2, 0.25) is 0 Å². The fourth-order valence-corrected chi connectivity index (χ4v) is 3.14. The van der Waals surface area contributed by atoms with Crippen molar-refractivity contribution in [3.8, 4) is 0 Å². The summed E-state index contributed by atoms with van der Waals surface area (Å²) in [6.07, 6.45) is 6.66. The lowest BCUT2D eigenvalue weighted by Crippen LogP contribution is -2.49. The first kappa shape index (κ1) is 15.5. The van der Waals surface area contributed by atoms with Crippen molar-refractivity contribution >= 4 is 11.8 Å². The number of nitrogens with zero attached hydrogens (tertiary/aromatic N) is 1. The maximum atomic E-state index is 12.6. The molecule has 5 nitrogen and oxygen atoms in total. The topological polar surface area (TPSA) is 77.8 Å². The predicted molar refractivity (Wildman–Crippen MR) is 84.9 cm³/mol. The number of carbonyl (C=O) groups excluding carboxylic acids is 1. The maximum absolute atomic E-state index is 12.6. The van der Waals surface area contributed by atoms with E-state index in [4.69, 9.17) is 0 Å². The molecule has 2 atom stereocenters. The van der Waals surface area contributed by atoms with E-state index in [1.807, 2.05) is 4.90 Å². The smallest absolute Gasteiger partial charge is 0.340 e. The van der Waals surface area contributed by atoms with Gasteiger partial charge in [-0.25, -0.2) is 4.79 Å². The molecule has 0 saturated carbocycles. The molecule has 0 spiro atoms. The number of benzene rings is 1. The van der Waals surface area contributed by atoms with Crippen LogP contribution in [0.3, 0.4) is 0 Å². The van der Waals surface area contributed by atoms with Crippen LogP contribution in [0.5, 0.6) is 0 Å². The Morgan fingerprint density at radius 2 is 1.78 bits per heavy atom. The Bertz CT molecular complexity index is 674. The molecular formula is C18H19NO4. The summed E-state index contributed by atoms with van der Waals surface area (Å²) in [5, 5.41) is 20.2. The van der Waals surface area contributed by atoms with Gasteiger partial charge in [-0.05, 0) is 25.0 Å². The monoisotopic (exact) mass is 313 g/mol. The van der Waals surface area contributed by atoms with E-state index in [0.29, 0.717) is 11.3 Å². The van der Waals surface area contributed by atoms with Crippen LogP contribution >= 0.6 is 0 Å². The van der Waals surface area contributed by atoms with Crippen LogP contribution in [0.2, 0.25) is 0 Å². The van der Waals surface area contributed by atoms with E-state index in [1.165, 1.54) is 12.2 Å². The summed E-state index contributed by atoms with van der Waals surface area (Å²) in [7, 11) is 0. The van der Waals surface area contributed by atoms with E-state index < -0.39 is 23.3 Å². The van der Waals surface area contributed by atoms with E-state index >= 15 is 0 Å². The van der Waals surface area contributed by atoms with E-state index in [2.05, 4.69) is 0 Å². The zero-order valence-electron chi connectivity index (χ0n) is 12.7. The summed E-state index contributed by atoms with van der Waals surface area (Å²) in [4.78, 5) is 26.3. The number of likely N-dealkylation sites (tertiary alicyclic amines) is 1. The number of hydrogen-bond acceptors (Lipinski definition) is 4. The van der Waals surface area contributed by atoms with Gasteiger partial charge in [0, 0.05) is 24.4 Å². The third-order valence-corrected chi connectivity index (χ3v) is 4.46. The summed E-state index contributed by atoms with van der Waals surface area (Å²) in [5.74, 6) is -2.94. The average molecular weight is 313 g/mol. The van der Waals surface area contributed by atoms with Crippen molar-refractivity contribution in [2.24, 2.45) is 5.92 Å². The van der Waals surface area contributed by atoms with Gasteiger partial charge in [0.25, 0.3) is 0 Å². The van der Waals surface area contributed by atoms with Gasteiger partial charge in [-0.1, -0.05) is 36.4 Å². The molecule has 1 aromatic carbocycles. The molecule has 120 valence electrons. The molecule has 3 rings (SSSR count). The Morgan fingerprint density at radius 1 is 1.13 bits per heavy atom. The fourth-order valence-electron chi connectivity index (χ4n) is 3.14. The first-order chi connectivity index (χ1) is 11.0. The van der Waals surface area contributed by atoms with Gasteiger partial charge in [0.15, 0.2) is 11.4 Å². The highest BCUT2D eigenvalue weighted by atomic mass is 16.4. The van der Waals surface area contributed by atoms with Crippen molar-refractivity contribution in [1.29, 1.82) is 0 Å². The van der Waals surface area contributed by atoms with E-state index in [0.717, 1.165) is 25.9 Å². The van der Waals surface area contributed by atoms with Crippen molar-refractivity contribution in [3.05, 3.63) is 59.8 Å². The van der Waals surface area contributed by atoms with Crippen LogP contribution in [-0.4, -0.2) is 45.6 Å². The molecule has 2 aliphatic rings. The highest BCUT2D eigenvalue weighted by molar-refractivity contribution is 6.03. The predicted octanol–water partition coefficient (Wildman–Crippen LogP) is 1.85. The summed E-state index contributed by atoms with van der Waals surface area (Å²) >= 11 is 0. The van der Waals surface area contributed by atoms with Gasteiger partial charge in [-0.2, -0.15) is 0 Å². The molecule has 2 unspecified atom stereocenters. The van der Waals surface area contributed by atoms with Crippen LogP contribution in [0.1, 0.15) is 23.2 Å². The van der Waals surface area contributed by atoms with Gasteiger partial charge < -0.3 is 15.1 Å². The van der Waals surface area contributed by atoms with Crippen molar-refractivity contribution in [2.45, 2.75) is 18.4 Å². The molecular weight excluding hydrogens is 294 g/mol. The average Bonchev–Trinajstić information content (AvgIpc) is 3.09. The van der Waals surface area contributed by atoms with Gasteiger partial charge in [0.05, 0.1) is 5.92 Å². The quantitative estimate of drug-likeness (QED) is 0.830. The summed E-state index contributed by atoms with van der Waals surface area (Å²) in [6, 6.07) is 8.45. The minimum atomic E-state index is -2.22. The highest BCUT2D eigenvalue weighted by Crippen LogP contribution is 2.32. The second kappa shape index (κ2) is 6.01. The number of aliphatic carboxylic acids is 1. The molecule has 1 heterocycles. The number of Topliss-reactive ketones (excluding diaryl/α,β-unsaturated/α-hetero) is 1. The van der Waals surface area contributed by atoms with Gasteiger partial charge in [-0.15, -0.1) is 0 Å². The molecule has 0 amide bonds. The molecule has 0 radical (unpaired) electrons. The van der Waals surface area contributed by atoms with E-state index in [9.17, 15) is 19.8 Å². The van der Waals surface area contributed by atoms with Crippen LogP contribution < -0.4 is 0 Å². The van der Waals surface area contributed by atoms with Crippen LogP contribution in [0, 0.1) is 5.92 Å². The number of ketones is 1. The molecule has 0 aromatic heterocycles. The highest BCUT2D eigenvalue weighted by Gasteiger charge is 2.47. The lowest BCUT2D eigenvalue weighted by Gasteiger charge is -2.33. The number of aliphatic hydroxyl groups is 1. The van der Waals surface area contributed by atoms with Gasteiger partial charge in [0.1, 0.15) is 0 Å². The lowest BCUT2D eigenvalue weighted by atomic mass is 9.78. The van der Waals surface area contributed by atoms with Crippen LogP contribution in [-0.2, 0) is 4.79 Å². The number of hydrogen-bond donors (Lipinski definition) is 2. The van der Waals surface area contributed by atoms with E-state index in [1.54, 1.807) is 36.4 Å². The second-order valence-corrected chi connectivity index (χ2v) is 5.96. The maximum Gasteiger partial charge on any atom is 0.340 e. The molecule has 1 aliphatic heterocycles. The van der Waals surface area contributed by atoms with Crippen LogP contribution in [0.4, 0.5) is 0 Å². The molecule has 2 N–H and O–H groups in total. The molecule has 1 aliphatic carbocycles. The Hall–Kier alpha value is -2.40. The summed E-state index contributed by atoms with van der Waals surface area (Å²) in [5.41, 5.74) is -1.16. The Balaban J connectivity index is 1.94. The number of carboxylic acids is 1. The first-order valence-corrected chi connectivity index (χ1v) is 7.73. The molecule has 5 heteroatoms. The summed E-state index contributed by atoms with van der Waals surface area (Å²) in [6.45, 7) is 1.67. The largest absolute Gasteiger partial charge is 0.479 e. The summed E-state index contributed by atoms with van der Waals surface area (Å²) < 4.78 is 0. The molecule has 23 heavy (non-hydrogen) atoms. The molecule has 0 bridgehead atoms. The minimum Gasteiger partial charge on any atom is -0.479 e.